The molecule has 0 saturated carbocycles. The summed E-state index contributed by atoms with van der Waals surface area (Å²) in [6.07, 6.45) is 7.37. The summed E-state index contributed by atoms with van der Waals surface area (Å²) < 4.78 is 7.24. The van der Waals surface area contributed by atoms with Crippen LogP contribution in [-0.2, 0) is 28.9 Å². The van der Waals surface area contributed by atoms with Gasteiger partial charge in [0.2, 0.25) is 5.91 Å². The van der Waals surface area contributed by atoms with Crippen molar-refractivity contribution in [3.05, 3.63) is 40.5 Å². The minimum atomic E-state index is -0.359. The van der Waals surface area contributed by atoms with Crippen LogP contribution in [0.15, 0.2) is 29.7 Å². The van der Waals surface area contributed by atoms with Gasteiger partial charge in [-0.15, -0.1) is 21.5 Å². The summed E-state index contributed by atoms with van der Waals surface area (Å²) in [5, 5.41) is 12.8. The Bertz CT molecular complexity index is 1110. The number of thiophene rings is 1. The van der Waals surface area contributed by atoms with Gasteiger partial charge in [-0.05, 0) is 57.2 Å². The van der Waals surface area contributed by atoms with E-state index in [2.05, 4.69) is 20.5 Å². The number of carbonyl (C=O) groups is 2. The van der Waals surface area contributed by atoms with Crippen LogP contribution in [0.4, 0.5) is 5.00 Å². The summed E-state index contributed by atoms with van der Waals surface area (Å²) >= 11 is 2.82. The third kappa shape index (κ3) is 4.71. The number of nitrogens with one attached hydrogen (secondary N) is 1. The molecule has 1 aliphatic rings. The second kappa shape index (κ2) is 10.3. The maximum Gasteiger partial charge on any atom is 0.341 e. The maximum atomic E-state index is 12.8. The van der Waals surface area contributed by atoms with E-state index < -0.39 is 0 Å². The molecule has 0 saturated heterocycles. The van der Waals surface area contributed by atoms with E-state index in [1.54, 1.807) is 19.3 Å². The van der Waals surface area contributed by atoms with Crippen LogP contribution < -0.4 is 5.32 Å². The number of carbonyl (C=O) groups excluding carboxylic acids is 2. The first-order valence-electron chi connectivity index (χ1n) is 10.7. The quantitative estimate of drug-likeness (QED) is 0.388. The monoisotopic (exact) mass is 471 g/mol. The van der Waals surface area contributed by atoms with Crippen molar-refractivity contribution in [1.82, 2.24) is 19.7 Å². The Kier molecular flexibility index (Phi) is 7.21. The minimum Gasteiger partial charge on any atom is -0.462 e. The number of nitrogens with zero attached hydrogens (tertiary/aromatic N) is 4. The van der Waals surface area contributed by atoms with Gasteiger partial charge in [0.25, 0.3) is 0 Å². The van der Waals surface area contributed by atoms with Crippen LogP contribution in [0, 0.1) is 0 Å². The molecule has 32 heavy (non-hydrogen) atoms. The molecule has 1 amide bonds. The molecule has 0 spiro atoms. The van der Waals surface area contributed by atoms with E-state index in [-0.39, 0.29) is 17.6 Å². The van der Waals surface area contributed by atoms with Crippen molar-refractivity contribution in [2.45, 2.75) is 51.2 Å². The van der Waals surface area contributed by atoms with E-state index in [0.29, 0.717) is 28.9 Å². The van der Waals surface area contributed by atoms with Gasteiger partial charge >= 0.3 is 5.97 Å². The normalized spacial score (nSPS) is 12.9. The molecule has 10 heteroatoms. The van der Waals surface area contributed by atoms with Crippen LogP contribution in [0.5, 0.6) is 0 Å². The van der Waals surface area contributed by atoms with Gasteiger partial charge in [0, 0.05) is 29.4 Å². The van der Waals surface area contributed by atoms with Gasteiger partial charge in [-0.1, -0.05) is 11.8 Å². The van der Waals surface area contributed by atoms with Gasteiger partial charge in [-0.25, -0.2) is 4.79 Å². The van der Waals surface area contributed by atoms with E-state index in [1.165, 1.54) is 28.0 Å². The molecule has 3 aromatic rings. The minimum absolute atomic E-state index is 0.166. The van der Waals surface area contributed by atoms with E-state index in [9.17, 15) is 9.59 Å². The predicted octanol–water partition coefficient (Wildman–Crippen LogP) is 4.21. The van der Waals surface area contributed by atoms with Crippen molar-refractivity contribution in [1.29, 1.82) is 0 Å². The largest absolute Gasteiger partial charge is 0.462 e. The third-order valence-electron chi connectivity index (χ3n) is 5.21. The molecule has 0 atom stereocenters. The molecular weight excluding hydrogens is 446 g/mol. The first kappa shape index (κ1) is 22.5. The Morgan fingerprint density at radius 3 is 2.72 bits per heavy atom. The predicted molar refractivity (Wildman–Crippen MR) is 125 cm³/mol. The highest BCUT2D eigenvalue weighted by Crippen LogP contribution is 2.38. The number of aromatic nitrogens is 4. The Morgan fingerprint density at radius 2 is 1.97 bits per heavy atom. The summed E-state index contributed by atoms with van der Waals surface area (Å²) in [6, 6.07) is 3.76. The lowest BCUT2D eigenvalue weighted by atomic mass is 9.95. The molecule has 3 heterocycles. The van der Waals surface area contributed by atoms with Crippen molar-refractivity contribution >= 4 is 40.0 Å². The molecule has 3 aromatic heterocycles. The van der Waals surface area contributed by atoms with E-state index in [0.717, 1.165) is 42.6 Å². The SMILES string of the molecule is CCOC(=O)c1c(NC(=O)CSc2nnc(-c3ccncc3)n2CC)sc2c1CCCC2. The van der Waals surface area contributed by atoms with Crippen LogP contribution in [0.1, 0.15) is 47.5 Å². The fraction of sp³-hybridized carbons (Fsp3) is 0.409. The molecule has 8 nitrogen and oxygen atoms in total. The molecule has 4 rings (SSSR count). The molecule has 0 fully saturated rings. The molecule has 1 N–H and O–H groups in total. The van der Waals surface area contributed by atoms with Crippen molar-refractivity contribution in [3.63, 3.8) is 0 Å². The number of amides is 1. The average molecular weight is 472 g/mol. The van der Waals surface area contributed by atoms with Gasteiger partial charge in [0.15, 0.2) is 11.0 Å². The zero-order valence-corrected chi connectivity index (χ0v) is 19.7. The van der Waals surface area contributed by atoms with Gasteiger partial charge in [-0.2, -0.15) is 0 Å². The van der Waals surface area contributed by atoms with Crippen LogP contribution in [0.2, 0.25) is 0 Å². The maximum absolute atomic E-state index is 12.8. The summed E-state index contributed by atoms with van der Waals surface area (Å²) in [5.41, 5.74) is 2.49. The zero-order chi connectivity index (χ0) is 22.5. The molecule has 0 unspecified atom stereocenters. The van der Waals surface area contributed by atoms with E-state index in [4.69, 9.17) is 4.74 Å². The highest BCUT2D eigenvalue weighted by Gasteiger charge is 2.27. The fourth-order valence-electron chi connectivity index (χ4n) is 3.76. The van der Waals surface area contributed by atoms with Gasteiger partial charge < -0.3 is 14.6 Å². The standard InChI is InChI=1S/C22H25N5O3S2/c1-3-27-19(14-9-11-23-12-10-14)25-26-22(27)31-13-17(28)24-20-18(21(29)30-4-2)15-7-5-6-8-16(15)32-20/h9-12H,3-8,13H2,1-2H3,(H,24,28). The number of esters is 1. The molecular formula is C22H25N5O3S2. The molecule has 0 aliphatic heterocycles. The lowest BCUT2D eigenvalue weighted by molar-refractivity contribution is -0.113. The Morgan fingerprint density at radius 1 is 1.19 bits per heavy atom. The number of hydrogen-bond acceptors (Lipinski definition) is 8. The second-order valence-electron chi connectivity index (χ2n) is 7.26. The smallest absolute Gasteiger partial charge is 0.341 e. The van der Waals surface area contributed by atoms with Crippen molar-refractivity contribution in [2.75, 3.05) is 17.7 Å². The third-order valence-corrected chi connectivity index (χ3v) is 7.38. The zero-order valence-electron chi connectivity index (χ0n) is 18.1. The lowest BCUT2D eigenvalue weighted by Gasteiger charge is -2.12. The van der Waals surface area contributed by atoms with Crippen LogP contribution >= 0.6 is 23.1 Å². The molecule has 1 aliphatic carbocycles. The molecule has 0 aromatic carbocycles. The summed E-state index contributed by atoms with van der Waals surface area (Å²) in [6.45, 7) is 4.79. The first-order valence-corrected chi connectivity index (χ1v) is 12.5. The van der Waals surface area contributed by atoms with Gasteiger partial charge in [-0.3, -0.25) is 9.78 Å². The average Bonchev–Trinajstić information content (AvgIpc) is 3.39. The van der Waals surface area contributed by atoms with E-state index in [1.807, 2.05) is 23.6 Å². The van der Waals surface area contributed by atoms with Gasteiger partial charge in [0.1, 0.15) is 5.00 Å². The molecule has 168 valence electrons. The summed E-state index contributed by atoms with van der Waals surface area (Å²) in [4.78, 5) is 30.6. The Balaban J connectivity index is 1.48. The fourth-order valence-corrected chi connectivity index (χ4v) is 5.86. The number of anilines is 1. The number of fused-ring (bicyclic) bond motifs is 1. The lowest BCUT2D eigenvalue weighted by Crippen LogP contribution is -2.17. The Hall–Kier alpha value is -2.72. The summed E-state index contributed by atoms with van der Waals surface area (Å²) in [7, 11) is 0. The number of rotatable bonds is 8. The van der Waals surface area contributed by atoms with Crippen molar-refractivity contribution < 1.29 is 14.3 Å². The number of thioether (sulfide) groups is 1. The molecule has 0 bridgehead atoms. The molecule has 0 radical (unpaired) electrons. The highest BCUT2D eigenvalue weighted by atomic mass is 32.2. The summed E-state index contributed by atoms with van der Waals surface area (Å²) in [5.74, 6) is 0.366. The van der Waals surface area contributed by atoms with Crippen molar-refractivity contribution in [2.24, 2.45) is 0 Å². The number of hydrogen-bond donors (Lipinski definition) is 1. The number of pyridine rings is 1. The van der Waals surface area contributed by atoms with Crippen molar-refractivity contribution in [3.8, 4) is 11.4 Å². The van der Waals surface area contributed by atoms with E-state index >= 15 is 0 Å². The van der Waals surface area contributed by atoms with Crippen LogP contribution in [0.3, 0.4) is 0 Å². The number of aryl methyl sites for hydroxylation is 1. The second-order valence-corrected chi connectivity index (χ2v) is 9.31. The van der Waals surface area contributed by atoms with Gasteiger partial charge in [0.05, 0.1) is 17.9 Å². The number of ether oxygens (including phenoxy) is 1. The Labute approximate surface area is 194 Å². The first-order chi connectivity index (χ1) is 15.6. The van der Waals surface area contributed by atoms with Crippen LogP contribution in [-0.4, -0.2) is 44.0 Å². The highest BCUT2D eigenvalue weighted by molar-refractivity contribution is 7.99. The van der Waals surface area contributed by atoms with Crippen LogP contribution in [0.25, 0.3) is 11.4 Å². The topological polar surface area (TPSA) is 99.0 Å².